The van der Waals surface area contributed by atoms with E-state index in [4.69, 9.17) is 21.4 Å². The van der Waals surface area contributed by atoms with Crippen LogP contribution in [0.2, 0.25) is 5.02 Å². The quantitative estimate of drug-likeness (QED) is 0.864. The molecule has 1 rings (SSSR count). The molecule has 0 aliphatic carbocycles. The summed E-state index contributed by atoms with van der Waals surface area (Å²) in [7, 11) is 1.83. The molecule has 0 aromatic heterocycles. The molecule has 0 unspecified atom stereocenters. The highest BCUT2D eigenvalue weighted by Crippen LogP contribution is 2.29. The zero-order valence-electron chi connectivity index (χ0n) is 10.8. The number of hydrogen-bond acceptors (Lipinski definition) is 3. The molecule has 1 aromatic carbocycles. The van der Waals surface area contributed by atoms with E-state index in [1.165, 1.54) is 0 Å². The van der Waals surface area contributed by atoms with Crippen LogP contribution in [0.4, 0.5) is 5.69 Å². The van der Waals surface area contributed by atoms with Gasteiger partial charge >= 0.3 is 5.97 Å². The van der Waals surface area contributed by atoms with E-state index in [9.17, 15) is 4.79 Å². The van der Waals surface area contributed by atoms with Gasteiger partial charge in [0.25, 0.3) is 0 Å². The highest BCUT2D eigenvalue weighted by atomic mass is 35.5. The van der Waals surface area contributed by atoms with Gasteiger partial charge in [0.1, 0.15) is 5.75 Å². The first kappa shape index (κ1) is 14.6. The number of carboxylic acid groups (broad SMARTS) is 1. The van der Waals surface area contributed by atoms with Gasteiger partial charge in [0.05, 0.1) is 17.5 Å². The summed E-state index contributed by atoms with van der Waals surface area (Å²) < 4.78 is 5.53. The van der Waals surface area contributed by atoms with Crippen molar-refractivity contribution in [2.24, 2.45) is 0 Å². The van der Waals surface area contributed by atoms with Gasteiger partial charge in [0, 0.05) is 19.3 Å². The summed E-state index contributed by atoms with van der Waals surface area (Å²) in [6.45, 7) is 4.31. The summed E-state index contributed by atoms with van der Waals surface area (Å²) in [5, 5.41) is 9.17. The number of ether oxygens (including phenoxy) is 1. The average Bonchev–Trinajstić information content (AvgIpc) is 2.28. The minimum atomic E-state index is -0.812. The van der Waals surface area contributed by atoms with Gasteiger partial charge in [-0.1, -0.05) is 11.6 Å². The standard InChI is InChI=1S/C13H18ClNO3/c1-9(2)18-12-5-4-10(8-11(12)14)15(3)7-6-13(16)17/h4-5,8-9H,6-7H2,1-3H3,(H,16,17). The van der Waals surface area contributed by atoms with Gasteiger partial charge in [-0.15, -0.1) is 0 Å². The van der Waals surface area contributed by atoms with E-state index in [1.54, 1.807) is 12.1 Å². The van der Waals surface area contributed by atoms with E-state index in [2.05, 4.69) is 0 Å². The van der Waals surface area contributed by atoms with Crippen molar-refractivity contribution < 1.29 is 14.6 Å². The van der Waals surface area contributed by atoms with E-state index in [0.29, 0.717) is 17.3 Å². The van der Waals surface area contributed by atoms with Gasteiger partial charge in [-0.05, 0) is 32.0 Å². The van der Waals surface area contributed by atoms with Crippen LogP contribution in [-0.2, 0) is 4.79 Å². The molecule has 4 nitrogen and oxygen atoms in total. The zero-order chi connectivity index (χ0) is 13.7. The predicted octanol–water partition coefficient (Wildman–Crippen LogP) is 3.04. The molecule has 0 radical (unpaired) electrons. The Morgan fingerprint density at radius 1 is 1.50 bits per heavy atom. The van der Waals surface area contributed by atoms with Gasteiger partial charge in [0.15, 0.2) is 0 Å². The number of halogens is 1. The molecule has 1 aromatic rings. The van der Waals surface area contributed by atoms with Crippen molar-refractivity contribution >= 4 is 23.3 Å². The number of aliphatic carboxylic acids is 1. The molecule has 5 heteroatoms. The lowest BCUT2D eigenvalue weighted by Gasteiger charge is -2.20. The van der Waals surface area contributed by atoms with Gasteiger partial charge in [-0.25, -0.2) is 0 Å². The summed E-state index contributed by atoms with van der Waals surface area (Å²) >= 11 is 6.11. The maximum atomic E-state index is 10.5. The Kier molecular flexibility index (Phi) is 5.28. The van der Waals surface area contributed by atoms with Crippen LogP contribution in [0, 0.1) is 0 Å². The summed E-state index contributed by atoms with van der Waals surface area (Å²) in [4.78, 5) is 12.4. The molecule has 0 bridgehead atoms. The first-order valence-electron chi connectivity index (χ1n) is 5.79. The van der Waals surface area contributed by atoms with Crippen LogP contribution < -0.4 is 9.64 Å². The van der Waals surface area contributed by atoms with Crippen molar-refractivity contribution in [1.29, 1.82) is 0 Å². The zero-order valence-corrected chi connectivity index (χ0v) is 11.6. The average molecular weight is 272 g/mol. The second-order valence-corrected chi connectivity index (χ2v) is 4.75. The lowest BCUT2D eigenvalue weighted by molar-refractivity contribution is -0.136. The van der Waals surface area contributed by atoms with Crippen LogP contribution in [-0.4, -0.2) is 30.8 Å². The fourth-order valence-corrected chi connectivity index (χ4v) is 1.69. The first-order chi connectivity index (χ1) is 8.40. The minimum absolute atomic E-state index is 0.0677. The molecular formula is C13H18ClNO3. The van der Waals surface area contributed by atoms with Crippen LogP contribution in [0.5, 0.6) is 5.75 Å². The third-order valence-electron chi connectivity index (χ3n) is 2.38. The van der Waals surface area contributed by atoms with Crippen LogP contribution in [0.15, 0.2) is 18.2 Å². The van der Waals surface area contributed by atoms with E-state index < -0.39 is 5.97 Å². The number of benzene rings is 1. The SMILES string of the molecule is CC(C)Oc1ccc(N(C)CCC(=O)O)cc1Cl. The third-order valence-corrected chi connectivity index (χ3v) is 2.68. The Hall–Kier alpha value is -1.42. The fourth-order valence-electron chi connectivity index (χ4n) is 1.47. The Balaban J connectivity index is 2.73. The monoisotopic (exact) mass is 271 g/mol. The van der Waals surface area contributed by atoms with Crippen molar-refractivity contribution in [3.63, 3.8) is 0 Å². The molecule has 100 valence electrons. The van der Waals surface area contributed by atoms with Crippen molar-refractivity contribution in [2.45, 2.75) is 26.4 Å². The van der Waals surface area contributed by atoms with Crippen molar-refractivity contribution in [1.82, 2.24) is 0 Å². The highest BCUT2D eigenvalue weighted by molar-refractivity contribution is 6.32. The molecule has 0 spiro atoms. The maximum absolute atomic E-state index is 10.5. The molecule has 0 atom stereocenters. The third kappa shape index (κ3) is 4.45. The van der Waals surface area contributed by atoms with E-state index in [1.807, 2.05) is 31.9 Å². The Bertz CT molecular complexity index is 421. The maximum Gasteiger partial charge on any atom is 0.305 e. The van der Waals surface area contributed by atoms with Crippen LogP contribution in [0.3, 0.4) is 0 Å². The van der Waals surface area contributed by atoms with Gasteiger partial charge in [-0.2, -0.15) is 0 Å². The highest BCUT2D eigenvalue weighted by Gasteiger charge is 2.08. The lowest BCUT2D eigenvalue weighted by atomic mass is 10.2. The van der Waals surface area contributed by atoms with Gasteiger partial charge in [-0.3, -0.25) is 4.79 Å². The number of hydrogen-bond donors (Lipinski definition) is 1. The van der Waals surface area contributed by atoms with Gasteiger partial charge in [0.2, 0.25) is 0 Å². The number of rotatable bonds is 6. The molecule has 1 N–H and O–H groups in total. The molecule has 0 saturated carbocycles. The Morgan fingerprint density at radius 3 is 2.67 bits per heavy atom. The predicted molar refractivity (Wildman–Crippen MR) is 72.7 cm³/mol. The molecule has 0 amide bonds. The summed E-state index contributed by atoms with van der Waals surface area (Å²) in [5.41, 5.74) is 0.873. The van der Waals surface area contributed by atoms with Crippen molar-refractivity contribution in [3.05, 3.63) is 23.2 Å². The number of carbonyl (C=O) groups is 1. The van der Waals surface area contributed by atoms with Gasteiger partial charge < -0.3 is 14.7 Å². The number of carboxylic acids is 1. The molecule has 0 fully saturated rings. The summed E-state index contributed by atoms with van der Waals surface area (Å²) in [6, 6.07) is 5.45. The molecular weight excluding hydrogens is 254 g/mol. The Morgan fingerprint density at radius 2 is 2.17 bits per heavy atom. The number of nitrogens with zero attached hydrogens (tertiary/aromatic N) is 1. The minimum Gasteiger partial charge on any atom is -0.489 e. The lowest BCUT2D eigenvalue weighted by Crippen LogP contribution is -2.20. The molecule has 18 heavy (non-hydrogen) atoms. The smallest absolute Gasteiger partial charge is 0.305 e. The Labute approximate surface area is 112 Å². The molecule has 0 aliphatic heterocycles. The first-order valence-corrected chi connectivity index (χ1v) is 6.17. The van der Waals surface area contributed by atoms with Crippen molar-refractivity contribution in [3.8, 4) is 5.75 Å². The summed E-state index contributed by atoms with van der Waals surface area (Å²) in [6.07, 6.45) is 0.163. The summed E-state index contributed by atoms with van der Waals surface area (Å²) in [5.74, 6) is -0.172. The number of anilines is 1. The van der Waals surface area contributed by atoms with Crippen LogP contribution >= 0.6 is 11.6 Å². The topological polar surface area (TPSA) is 49.8 Å². The molecule has 0 aliphatic rings. The fraction of sp³-hybridized carbons (Fsp3) is 0.462. The second-order valence-electron chi connectivity index (χ2n) is 4.35. The normalized spacial score (nSPS) is 10.5. The van der Waals surface area contributed by atoms with E-state index in [-0.39, 0.29) is 12.5 Å². The largest absolute Gasteiger partial charge is 0.489 e. The van der Waals surface area contributed by atoms with Crippen LogP contribution in [0.25, 0.3) is 0 Å². The molecule has 0 heterocycles. The molecule has 0 saturated heterocycles. The van der Waals surface area contributed by atoms with E-state index >= 15 is 0 Å². The second kappa shape index (κ2) is 6.50. The van der Waals surface area contributed by atoms with Crippen molar-refractivity contribution in [2.75, 3.05) is 18.5 Å². The van der Waals surface area contributed by atoms with Crippen LogP contribution in [0.1, 0.15) is 20.3 Å². The van der Waals surface area contributed by atoms with E-state index in [0.717, 1.165) is 5.69 Å².